The summed E-state index contributed by atoms with van der Waals surface area (Å²) in [6.07, 6.45) is 0.0882. The number of hydrogen-bond donors (Lipinski definition) is 3. The number of nitrogens with one attached hydrogen (secondary N) is 2. The highest BCUT2D eigenvalue weighted by Gasteiger charge is 2.32. The summed E-state index contributed by atoms with van der Waals surface area (Å²) in [5, 5.41) is 16.1. The van der Waals surface area contributed by atoms with Crippen molar-refractivity contribution in [2.45, 2.75) is 32.5 Å². The van der Waals surface area contributed by atoms with Crippen LogP contribution in [-0.4, -0.2) is 36.6 Å². The minimum absolute atomic E-state index is 0.170. The third-order valence-corrected chi connectivity index (χ3v) is 5.32. The molecule has 2 aromatic carbocycles. The molecule has 3 aromatic rings. The highest BCUT2D eigenvalue weighted by Crippen LogP contribution is 2.30. The van der Waals surface area contributed by atoms with E-state index < -0.39 is 6.41 Å². The zero-order valence-corrected chi connectivity index (χ0v) is 17.8. The molecule has 3 N–H and O–H groups in total. The number of aliphatic hydroxyl groups excluding tert-OH is 1. The molecule has 7 nitrogen and oxygen atoms in total. The Morgan fingerprint density at radius 2 is 2.00 bits per heavy atom. The molecule has 1 saturated heterocycles. The number of rotatable bonds is 8. The van der Waals surface area contributed by atoms with Gasteiger partial charge in [0.25, 0.3) is 0 Å². The Labute approximate surface area is 185 Å². The van der Waals surface area contributed by atoms with E-state index in [0.717, 1.165) is 16.9 Å². The van der Waals surface area contributed by atoms with Gasteiger partial charge < -0.3 is 29.8 Å². The second-order valence-electron chi connectivity index (χ2n) is 7.72. The third-order valence-electron chi connectivity index (χ3n) is 5.32. The molecule has 0 spiro atoms. The van der Waals surface area contributed by atoms with Gasteiger partial charge in [0.1, 0.15) is 11.6 Å². The van der Waals surface area contributed by atoms with Crippen LogP contribution in [0.5, 0.6) is 0 Å². The number of carbonyl (C=O) groups excluding carboxylic acids is 1. The number of nitrogens with zero attached hydrogens (tertiary/aromatic N) is 1. The number of hydrogen-bond acceptors (Lipinski definition) is 6. The van der Waals surface area contributed by atoms with Crippen molar-refractivity contribution in [1.82, 2.24) is 10.6 Å². The summed E-state index contributed by atoms with van der Waals surface area (Å²) in [4.78, 5) is 12.6. The number of furan rings is 1. The molecule has 1 aliphatic rings. The van der Waals surface area contributed by atoms with E-state index in [1.54, 1.807) is 23.3 Å². The number of ether oxygens (including phenoxy) is 1. The van der Waals surface area contributed by atoms with Crippen LogP contribution in [0, 0.1) is 5.82 Å². The van der Waals surface area contributed by atoms with Crippen LogP contribution in [0.25, 0.3) is 11.1 Å². The predicted molar refractivity (Wildman–Crippen MR) is 118 cm³/mol. The van der Waals surface area contributed by atoms with Gasteiger partial charge in [-0.1, -0.05) is 24.3 Å². The summed E-state index contributed by atoms with van der Waals surface area (Å²) in [6, 6.07) is 16.3. The predicted octanol–water partition coefficient (Wildman–Crippen LogP) is 2.99. The molecular weight excluding hydrogens is 413 g/mol. The van der Waals surface area contributed by atoms with Gasteiger partial charge in [0.15, 0.2) is 0 Å². The largest absolute Gasteiger partial charge is 0.468 e. The highest BCUT2D eigenvalue weighted by atomic mass is 19.1. The maximum absolute atomic E-state index is 14.9. The zero-order valence-electron chi connectivity index (χ0n) is 17.8. The molecule has 1 unspecified atom stereocenters. The van der Waals surface area contributed by atoms with Gasteiger partial charge in [-0.05, 0) is 41.5 Å². The summed E-state index contributed by atoms with van der Waals surface area (Å²) in [5.41, 5.74) is 2.85. The summed E-state index contributed by atoms with van der Waals surface area (Å²) in [6.45, 7) is 3.37. The minimum atomic E-state index is -1.19. The Kier molecular flexibility index (Phi) is 6.84. The lowest BCUT2D eigenvalue weighted by Crippen LogP contribution is -2.33. The molecule has 0 aliphatic carbocycles. The standard InChI is InChI=1S/C24H26FN3O4/c1-16(29)27-14-21-15-28(24(30)32-21)19-8-9-22(23(25)11-19)18-6-4-17(5-7-18)12-26-13-20-3-2-10-31-20/h2-11,21,24,26,30H,12-15H2,1H3,(H,27,29)/t21-,24?/m0/s1. The van der Waals surface area contributed by atoms with Crippen molar-refractivity contribution in [3.63, 3.8) is 0 Å². The van der Waals surface area contributed by atoms with Crippen molar-refractivity contribution in [3.05, 3.63) is 78.0 Å². The molecule has 2 heterocycles. The first-order valence-corrected chi connectivity index (χ1v) is 10.5. The van der Waals surface area contributed by atoms with E-state index >= 15 is 0 Å². The van der Waals surface area contributed by atoms with Crippen molar-refractivity contribution < 1.29 is 23.4 Å². The summed E-state index contributed by atoms with van der Waals surface area (Å²) in [5.74, 6) is 0.318. The van der Waals surface area contributed by atoms with E-state index in [1.165, 1.54) is 13.0 Å². The molecule has 0 saturated carbocycles. The van der Waals surface area contributed by atoms with E-state index in [2.05, 4.69) is 10.6 Å². The first kappa shape index (κ1) is 22.0. The Balaban J connectivity index is 1.38. The molecule has 1 aliphatic heterocycles. The molecule has 1 amide bonds. The molecule has 1 fully saturated rings. The lowest BCUT2D eigenvalue weighted by Gasteiger charge is -2.21. The first-order valence-electron chi connectivity index (χ1n) is 10.5. The van der Waals surface area contributed by atoms with E-state index in [-0.39, 0.29) is 24.4 Å². The summed E-state index contributed by atoms with van der Waals surface area (Å²) >= 11 is 0. The van der Waals surface area contributed by atoms with Gasteiger partial charge in [-0.15, -0.1) is 0 Å². The van der Waals surface area contributed by atoms with Crippen LogP contribution in [0.3, 0.4) is 0 Å². The number of aliphatic hydroxyl groups is 1. The van der Waals surface area contributed by atoms with Crippen LogP contribution < -0.4 is 15.5 Å². The fraction of sp³-hybridized carbons (Fsp3) is 0.292. The van der Waals surface area contributed by atoms with Crippen LogP contribution in [0.4, 0.5) is 10.1 Å². The number of halogens is 1. The van der Waals surface area contributed by atoms with Crippen LogP contribution in [0.1, 0.15) is 18.2 Å². The van der Waals surface area contributed by atoms with Gasteiger partial charge >= 0.3 is 0 Å². The van der Waals surface area contributed by atoms with E-state index in [0.29, 0.717) is 30.9 Å². The Morgan fingerprint density at radius 1 is 1.19 bits per heavy atom. The topological polar surface area (TPSA) is 87.0 Å². The maximum Gasteiger partial charge on any atom is 0.238 e. The average molecular weight is 439 g/mol. The average Bonchev–Trinajstić information content (AvgIpc) is 3.42. The highest BCUT2D eigenvalue weighted by molar-refractivity contribution is 5.72. The molecule has 4 rings (SSSR count). The van der Waals surface area contributed by atoms with Gasteiger partial charge in [0.05, 0.1) is 25.5 Å². The SMILES string of the molecule is CC(=O)NC[C@H]1CN(c2ccc(-c3ccc(CNCc4ccco4)cc3)c(F)c2)C(O)O1. The lowest BCUT2D eigenvalue weighted by atomic mass is 10.0. The van der Waals surface area contributed by atoms with Crippen molar-refractivity contribution in [1.29, 1.82) is 0 Å². The molecule has 2 atom stereocenters. The normalized spacial score (nSPS) is 18.2. The molecule has 32 heavy (non-hydrogen) atoms. The van der Waals surface area contributed by atoms with Crippen molar-refractivity contribution in [2.75, 3.05) is 18.0 Å². The Hall–Kier alpha value is -3.20. The zero-order chi connectivity index (χ0) is 22.5. The molecule has 0 radical (unpaired) electrons. The van der Waals surface area contributed by atoms with Gasteiger partial charge in [-0.3, -0.25) is 4.79 Å². The smallest absolute Gasteiger partial charge is 0.238 e. The quantitative estimate of drug-likeness (QED) is 0.500. The number of anilines is 1. The summed E-state index contributed by atoms with van der Waals surface area (Å²) < 4.78 is 25.6. The molecule has 1 aromatic heterocycles. The van der Waals surface area contributed by atoms with Crippen molar-refractivity contribution >= 4 is 11.6 Å². The number of amides is 1. The number of carbonyl (C=O) groups is 1. The fourth-order valence-corrected chi connectivity index (χ4v) is 3.66. The molecular formula is C24H26FN3O4. The lowest BCUT2D eigenvalue weighted by molar-refractivity contribution is -0.121. The molecule has 0 bridgehead atoms. The van der Waals surface area contributed by atoms with Crippen LogP contribution in [0.15, 0.2) is 65.3 Å². The Bertz CT molecular complexity index is 1040. The third kappa shape index (κ3) is 5.34. The summed E-state index contributed by atoms with van der Waals surface area (Å²) in [7, 11) is 0. The van der Waals surface area contributed by atoms with E-state index in [4.69, 9.17) is 9.15 Å². The number of benzene rings is 2. The Morgan fingerprint density at radius 3 is 2.69 bits per heavy atom. The van der Waals surface area contributed by atoms with Gasteiger partial charge in [0.2, 0.25) is 12.3 Å². The van der Waals surface area contributed by atoms with Crippen molar-refractivity contribution in [2.24, 2.45) is 0 Å². The van der Waals surface area contributed by atoms with Crippen LogP contribution in [0.2, 0.25) is 0 Å². The molecule has 168 valence electrons. The van der Waals surface area contributed by atoms with Crippen LogP contribution in [-0.2, 0) is 22.6 Å². The second kappa shape index (κ2) is 9.95. The monoisotopic (exact) mass is 439 g/mol. The fourth-order valence-electron chi connectivity index (χ4n) is 3.66. The van der Waals surface area contributed by atoms with Crippen LogP contribution >= 0.6 is 0 Å². The molecule has 8 heteroatoms. The van der Waals surface area contributed by atoms with Gasteiger partial charge in [-0.25, -0.2) is 4.39 Å². The minimum Gasteiger partial charge on any atom is -0.468 e. The maximum atomic E-state index is 14.9. The second-order valence-corrected chi connectivity index (χ2v) is 7.72. The first-order chi connectivity index (χ1) is 15.5. The van der Waals surface area contributed by atoms with Gasteiger partial charge in [0, 0.05) is 31.3 Å². The van der Waals surface area contributed by atoms with Crippen molar-refractivity contribution in [3.8, 4) is 11.1 Å². The van der Waals surface area contributed by atoms with E-state index in [9.17, 15) is 14.3 Å². The van der Waals surface area contributed by atoms with Gasteiger partial charge in [-0.2, -0.15) is 0 Å². The van der Waals surface area contributed by atoms with E-state index in [1.807, 2.05) is 36.4 Å².